The van der Waals surface area contributed by atoms with Crippen molar-refractivity contribution in [2.45, 2.75) is 58.4 Å². The van der Waals surface area contributed by atoms with Gasteiger partial charge in [0.05, 0.1) is 13.2 Å². The van der Waals surface area contributed by atoms with E-state index in [4.69, 9.17) is 14.2 Å². The fourth-order valence-corrected chi connectivity index (χ4v) is 2.79. The standard InChI is InChI=1S/C17H26O7/c1-5-22-11-6-8(2)16(10(4)9(11)3)24-17-15(21)14(20)13(19)12(7-18)23-17/h6,12-15,17-21H,5,7H2,1-4H3/t12-,13-,14+,15-,17+/m1/s1. The summed E-state index contributed by atoms with van der Waals surface area (Å²) in [5.74, 6) is 1.27. The zero-order chi connectivity index (χ0) is 18.0. The molecule has 1 saturated heterocycles. The van der Waals surface area contributed by atoms with Gasteiger partial charge in [0, 0.05) is 0 Å². The minimum absolute atomic E-state index is 0.495. The Morgan fingerprint density at radius 1 is 1.04 bits per heavy atom. The highest BCUT2D eigenvalue weighted by Gasteiger charge is 2.45. The molecule has 5 atom stereocenters. The summed E-state index contributed by atoms with van der Waals surface area (Å²) >= 11 is 0. The maximum atomic E-state index is 10.1. The van der Waals surface area contributed by atoms with Gasteiger partial charge in [0.25, 0.3) is 0 Å². The summed E-state index contributed by atoms with van der Waals surface area (Å²) in [6.07, 6.45) is -6.51. The van der Waals surface area contributed by atoms with Crippen LogP contribution in [0.1, 0.15) is 23.6 Å². The van der Waals surface area contributed by atoms with E-state index in [9.17, 15) is 20.4 Å². The molecule has 1 fully saturated rings. The zero-order valence-corrected chi connectivity index (χ0v) is 14.4. The van der Waals surface area contributed by atoms with Crippen LogP contribution in [0.25, 0.3) is 0 Å². The maximum absolute atomic E-state index is 10.1. The van der Waals surface area contributed by atoms with Crippen LogP contribution in [0, 0.1) is 20.8 Å². The van der Waals surface area contributed by atoms with Crippen LogP contribution in [0.4, 0.5) is 0 Å². The summed E-state index contributed by atoms with van der Waals surface area (Å²) in [7, 11) is 0. The van der Waals surface area contributed by atoms with Crippen LogP contribution in [0.3, 0.4) is 0 Å². The smallest absolute Gasteiger partial charge is 0.229 e. The van der Waals surface area contributed by atoms with Gasteiger partial charge in [-0.05, 0) is 50.5 Å². The summed E-state index contributed by atoms with van der Waals surface area (Å²) in [4.78, 5) is 0. The highest BCUT2D eigenvalue weighted by molar-refractivity contribution is 5.52. The lowest BCUT2D eigenvalue weighted by Crippen LogP contribution is -2.60. The number of rotatable bonds is 5. The minimum atomic E-state index is -1.47. The van der Waals surface area contributed by atoms with Gasteiger partial charge in [0.2, 0.25) is 6.29 Å². The van der Waals surface area contributed by atoms with Crippen molar-refractivity contribution in [1.29, 1.82) is 0 Å². The third-order valence-corrected chi connectivity index (χ3v) is 4.36. The molecule has 0 radical (unpaired) electrons. The first-order valence-electron chi connectivity index (χ1n) is 8.02. The Kier molecular flexibility index (Phi) is 6.06. The number of benzene rings is 1. The second-order valence-corrected chi connectivity index (χ2v) is 6.02. The highest BCUT2D eigenvalue weighted by Crippen LogP contribution is 2.35. The largest absolute Gasteiger partial charge is 0.494 e. The van der Waals surface area contributed by atoms with Gasteiger partial charge in [0.15, 0.2) is 0 Å². The first-order chi connectivity index (χ1) is 11.3. The Bertz CT molecular complexity index is 573. The molecule has 1 aromatic rings. The van der Waals surface area contributed by atoms with E-state index in [1.807, 2.05) is 33.8 Å². The number of hydrogen-bond acceptors (Lipinski definition) is 7. The summed E-state index contributed by atoms with van der Waals surface area (Å²) < 4.78 is 16.8. The molecule has 0 aromatic heterocycles. The summed E-state index contributed by atoms with van der Waals surface area (Å²) in [5.41, 5.74) is 2.52. The van der Waals surface area contributed by atoms with Gasteiger partial charge in [-0.3, -0.25) is 0 Å². The van der Waals surface area contributed by atoms with Crippen LogP contribution in [-0.4, -0.2) is 64.3 Å². The molecular weight excluding hydrogens is 316 g/mol. The van der Waals surface area contributed by atoms with Gasteiger partial charge in [-0.2, -0.15) is 0 Å². The van der Waals surface area contributed by atoms with Crippen LogP contribution in [0.5, 0.6) is 11.5 Å². The molecule has 1 aliphatic rings. The molecule has 2 rings (SSSR count). The summed E-state index contributed by atoms with van der Waals surface area (Å²) in [6.45, 7) is 7.57. The predicted molar refractivity (Wildman–Crippen MR) is 86.2 cm³/mol. The minimum Gasteiger partial charge on any atom is -0.494 e. The molecule has 7 heteroatoms. The molecule has 136 valence electrons. The molecule has 1 aromatic carbocycles. The van der Waals surface area contributed by atoms with Crippen molar-refractivity contribution in [2.75, 3.05) is 13.2 Å². The van der Waals surface area contributed by atoms with Crippen molar-refractivity contribution in [3.63, 3.8) is 0 Å². The number of aliphatic hydroxyl groups excluding tert-OH is 4. The predicted octanol–water partition coefficient (Wildman–Crippen LogP) is 0.189. The average Bonchev–Trinajstić information content (AvgIpc) is 2.56. The second-order valence-electron chi connectivity index (χ2n) is 6.02. The quantitative estimate of drug-likeness (QED) is 0.605. The normalized spacial score (nSPS) is 30.2. The van der Waals surface area contributed by atoms with Gasteiger partial charge < -0.3 is 34.6 Å². The molecule has 1 heterocycles. The van der Waals surface area contributed by atoms with Crippen molar-refractivity contribution in [1.82, 2.24) is 0 Å². The van der Waals surface area contributed by atoms with E-state index >= 15 is 0 Å². The fourth-order valence-electron chi connectivity index (χ4n) is 2.79. The lowest BCUT2D eigenvalue weighted by molar-refractivity contribution is -0.277. The molecule has 0 saturated carbocycles. The van der Waals surface area contributed by atoms with Gasteiger partial charge >= 0.3 is 0 Å². The Hall–Kier alpha value is -1.38. The number of ether oxygens (including phenoxy) is 3. The molecule has 24 heavy (non-hydrogen) atoms. The molecule has 0 amide bonds. The van der Waals surface area contributed by atoms with Crippen LogP contribution in [0.2, 0.25) is 0 Å². The first kappa shape index (κ1) is 19.0. The second kappa shape index (κ2) is 7.67. The van der Waals surface area contributed by atoms with Gasteiger partial charge in [-0.15, -0.1) is 0 Å². The molecule has 0 aliphatic carbocycles. The SMILES string of the molecule is CCOc1cc(C)c(O[C@@H]2O[C@H](CO)[C@@H](O)[C@H](O)[C@H]2O)c(C)c1C. The highest BCUT2D eigenvalue weighted by atomic mass is 16.7. The fraction of sp³-hybridized carbons (Fsp3) is 0.647. The van der Waals surface area contributed by atoms with Crippen molar-refractivity contribution in [3.8, 4) is 11.5 Å². The van der Waals surface area contributed by atoms with Crippen LogP contribution < -0.4 is 9.47 Å². The molecular formula is C17H26O7. The molecule has 1 aliphatic heterocycles. The Morgan fingerprint density at radius 3 is 2.29 bits per heavy atom. The molecule has 7 nitrogen and oxygen atoms in total. The Balaban J connectivity index is 2.28. The van der Waals surface area contributed by atoms with Gasteiger partial charge in [-0.1, -0.05) is 0 Å². The molecule has 0 unspecified atom stereocenters. The number of aliphatic hydroxyl groups is 4. The molecule has 0 bridgehead atoms. The van der Waals surface area contributed by atoms with Crippen molar-refractivity contribution in [2.24, 2.45) is 0 Å². The van der Waals surface area contributed by atoms with Crippen LogP contribution in [0.15, 0.2) is 6.07 Å². The number of hydrogen-bond donors (Lipinski definition) is 4. The topological polar surface area (TPSA) is 109 Å². The average molecular weight is 342 g/mol. The van der Waals surface area contributed by atoms with E-state index in [0.717, 1.165) is 22.4 Å². The Labute approximate surface area is 141 Å². The monoisotopic (exact) mass is 342 g/mol. The third-order valence-electron chi connectivity index (χ3n) is 4.36. The summed E-state index contributed by atoms with van der Waals surface area (Å²) in [5, 5.41) is 39.0. The lowest BCUT2D eigenvalue weighted by atomic mass is 9.99. The van der Waals surface area contributed by atoms with Gasteiger partial charge in [0.1, 0.15) is 35.9 Å². The lowest BCUT2D eigenvalue weighted by Gasteiger charge is -2.40. The summed E-state index contributed by atoms with van der Waals surface area (Å²) in [6, 6.07) is 1.84. The van der Waals surface area contributed by atoms with E-state index in [1.165, 1.54) is 0 Å². The zero-order valence-electron chi connectivity index (χ0n) is 14.4. The third kappa shape index (κ3) is 3.50. The van der Waals surface area contributed by atoms with E-state index in [2.05, 4.69) is 0 Å². The van der Waals surface area contributed by atoms with E-state index in [1.54, 1.807) is 0 Å². The number of aryl methyl sites for hydroxylation is 1. The van der Waals surface area contributed by atoms with Crippen LogP contribution >= 0.6 is 0 Å². The van der Waals surface area contributed by atoms with Crippen molar-refractivity contribution < 1.29 is 34.6 Å². The maximum Gasteiger partial charge on any atom is 0.229 e. The van der Waals surface area contributed by atoms with Gasteiger partial charge in [-0.25, -0.2) is 0 Å². The van der Waals surface area contributed by atoms with E-state index in [0.29, 0.717) is 12.4 Å². The Morgan fingerprint density at radius 2 is 1.71 bits per heavy atom. The van der Waals surface area contributed by atoms with E-state index in [-0.39, 0.29) is 0 Å². The molecule has 4 N–H and O–H groups in total. The van der Waals surface area contributed by atoms with Crippen molar-refractivity contribution in [3.05, 3.63) is 22.8 Å². The van der Waals surface area contributed by atoms with Crippen molar-refractivity contribution >= 4 is 0 Å². The first-order valence-corrected chi connectivity index (χ1v) is 8.02. The van der Waals surface area contributed by atoms with E-state index < -0.39 is 37.3 Å². The van der Waals surface area contributed by atoms with Crippen LogP contribution in [-0.2, 0) is 4.74 Å². The molecule has 0 spiro atoms.